The van der Waals surface area contributed by atoms with Crippen LogP contribution in [0.3, 0.4) is 0 Å². The highest BCUT2D eigenvalue weighted by Gasteiger charge is 2.33. The van der Waals surface area contributed by atoms with Crippen molar-refractivity contribution >= 4 is 11.4 Å². The molecule has 0 spiro atoms. The van der Waals surface area contributed by atoms with Crippen LogP contribution >= 0.6 is 0 Å². The molecule has 0 saturated heterocycles. The van der Waals surface area contributed by atoms with E-state index in [1.54, 1.807) is 38.9 Å². The molecule has 12 aromatic carbocycles. The number of para-hydroxylation sites is 2. The van der Waals surface area contributed by atoms with Crippen molar-refractivity contribution in [3.05, 3.63) is 418 Å². The molecule has 0 aliphatic heterocycles. The Balaban J connectivity index is 0.00000151. The Hall–Kier alpha value is -9.60. The summed E-state index contributed by atoms with van der Waals surface area (Å²) < 4.78 is 0. The number of hydrogen-bond donors (Lipinski definition) is 0. The third kappa shape index (κ3) is 45.9. The minimum absolute atomic E-state index is 0. The van der Waals surface area contributed by atoms with Gasteiger partial charge >= 0.3 is 0 Å². The zero-order valence-corrected chi connectivity index (χ0v) is 84.8. The molecule has 3 aliphatic carbocycles. The minimum Gasteiger partial charge on any atom is -0.341 e. The molecule has 0 aromatic heterocycles. The Labute approximate surface area is 835 Å². The van der Waals surface area contributed by atoms with Crippen molar-refractivity contribution in [3.63, 3.8) is 0 Å². The molecular formula is C133H198N2. The summed E-state index contributed by atoms with van der Waals surface area (Å²) in [6.45, 7) is 62.5. The zero-order valence-electron chi connectivity index (χ0n) is 84.8. The van der Waals surface area contributed by atoms with Crippen molar-refractivity contribution in [3.8, 4) is 0 Å². The molecule has 12 aromatic rings. The molecule has 0 heterocycles. The summed E-state index contributed by atoms with van der Waals surface area (Å²) in [6, 6.07) is 121. The van der Waals surface area contributed by atoms with Crippen molar-refractivity contribution in [1.82, 2.24) is 4.90 Å². The second kappa shape index (κ2) is 60.9. The fourth-order valence-electron chi connectivity index (χ4n) is 17.9. The smallest absolute Gasteiger partial charge is 0.0410 e. The van der Waals surface area contributed by atoms with E-state index in [1.165, 1.54) is 115 Å². The van der Waals surface area contributed by atoms with E-state index in [0.717, 1.165) is 50.7 Å². The van der Waals surface area contributed by atoms with Gasteiger partial charge in [0.1, 0.15) is 0 Å². The van der Waals surface area contributed by atoms with Gasteiger partial charge in [-0.2, -0.15) is 0 Å². The summed E-state index contributed by atoms with van der Waals surface area (Å²) in [5.41, 5.74) is 26.2. The normalized spacial score (nSPS) is 13.4. The van der Waals surface area contributed by atoms with Crippen LogP contribution in [0.4, 0.5) is 11.4 Å². The van der Waals surface area contributed by atoms with Crippen molar-refractivity contribution in [1.29, 1.82) is 0 Å². The SMILES string of the molecule is C.C.C.C.C.C.C.CC.CC(C)(C)C(Cc1ccccc1)Cc1ccccc1.CC(C)(C)C1CCCc2ccccc21.CC(C)(C)C1CCc2ccccc21.CC(C)(C)CC(c1ccccc1)c1ccccc1.CC(C)(C)CN(c1ccccc1)c1ccccc1.CC(C)(C)Cc1ccccc1.CC(C)(C)N(Cc1ccccc1)Cc1ccccc1.CC(C)(C)c1cccc2c1CCCC2. The molecule has 0 radical (unpaired) electrons. The molecule has 2 nitrogen and oxygen atoms in total. The van der Waals surface area contributed by atoms with Crippen molar-refractivity contribution in [2.75, 3.05) is 11.4 Å². The molecule has 15 rings (SSSR count). The van der Waals surface area contributed by atoms with Crippen LogP contribution in [0.5, 0.6) is 0 Å². The van der Waals surface area contributed by atoms with E-state index in [1.807, 2.05) is 13.8 Å². The number of aryl methyl sites for hydroxylation is 3. The van der Waals surface area contributed by atoms with Crippen molar-refractivity contribution in [2.45, 2.75) is 357 Å². The Morgan fingerprint density at radius 1 is 0.289 bits per heavy atom. The van der Waals surface area contributed by atoms with E-state index in [-0.39, 0.29) is 62.9 Å². The van der Waals surface area contributed by atoms with E-state index >= 15 is 0 Å². The van der Waals surface area contributed by atoms with Crippen LogP contribution in [0.1, 0.15) is 366 Å². The fourth-order valence-corrected chi connectivity index (χ4v) is 17.9. The maximum absolute atomic E-state index is 2.51. The van der Waals surface area contributed by atoms with Gasteiger partial charge in [0.15, 0.2) is 0 Å². The van der Waals surface area contributed by atoms with E-state index in [2.05, 4.69) is 516 Å². The molecule has 2 unspecified atom stereocenters. The van der Waals surface area contributed by atoms with E-state index in [9.17, 15) is 0 Å². The monoisotopic (exact) mass is 1820 g/mol. The number of hydrogen-bond acceptors (Lipinski definition) is 2. The van der Waals surface area contributed by atoms with Gasteiger partial charge < -0.3 is 4.90 Å². The third-order valence-corrected chi connectivity index (χ3v) is 24.6. The summed E-state index contributed by atoms with van der Waals surface area (Å²) in [4.78, 5) is 4.89. The standard InChI is InChI=1S/C19H24.C18H23N.C18H22.C17H21N.2C14H20.C13H18.C11H16.C2H6.7CH4/c1-19(2,3)18(14-16-10-6-4-7-11-16)15-17-12-8-5-9-13-17;1-18(2,3)19(14-16-10-6-4-7-11-16)15-17-12-8-5-9-13-17;1-18(2,3)14-17(15-10-6-4-7-11-15)16-12-8-5-9-13-16;1-17(2,3)14-18(15-10-6-4-7-11-15)16-12-8-5-9-13-16;2*1-14(2,3)13-10-6-8-11-7-4-5-9-12(11)13;1-13(2,3)12-9-8-10-6-4-5-7-11(10)12;1-11(2,3)9-10-7-5-4-6-8-10;1-2;;;;;;;/h4-13,18H,14-15H2,1-3H3;4-13H,14-15H2,1-3H3;4-13,17H,14H2,1-3H3;4-13H,14H2,1-3H3;6,8,10H,4-5,7,9H2,1-3H3;4-5,7,9,13H,6,8,10H2,1-3H3;4-7,12H,8-9H2,1-3H3;4-8H,9H2,1-3H3;1-2H3;7*1H4. The quantitative estimate of drug-likeness (QED) is 0.101. The van der Waals surface area contributed by atoms with Gasteiger partial charge in [-0.25, -0.2) is 0 Å². The molecule has 3 aliphatic rings. The Morgan fingerprint density at radius 2 is 0.607 bits per heavy atom. The largest absolute Gasteiger partial charge is 0.341 e. The molecule has 135 heavy (non-hydrogen) atoms. The van der Waals surface area contributed by atoms with Crippen LogP contribution in [0, 0.1) is 38.4 Å². The zero-order chi connectivity index (χ0) is 93.6. The van der Waals surface area contributed by atoms with Gasteiger partial charge in [-0.05, 0) is 262 Å². The van der Waals surface area contributed by atoms with Crippen LogP contribution in [-0.2, 0) is 63.5 Å². The maximum Gasteiger partial charge on any atom is 0.0410 e. The lowest BCUT2D eigenvalue weighted by Crippen LogP contribution is -2.40. The highest BCUT2D eigenvalue weighted by atomic mass is 15.2. The number of rotatable bonds is 15. The highest BCUT2D eigenvalue weighted by Crippen LogP contribution is 2.46. The first kappa shape index (κ1) is 125. The van der Waals surface area contributed by atoms with Crippen LogP contribution < -0.4 is 4.90 Å². The molecule has 0 bridgehead atoms. The molecule has 2 heteroatoms. The second-order valence-electron chi connectivity index (χ2n) is 44.7. The summed E-state index contributed by atoms with van der Waals surface area (Å²) >= 11 is 0. The van der Waals surface area contributed by atoms with E-state index < -0.39 is 0 Å². The van der Waals surface area contributed by atoms with Crippen LogP contribution in [-0.4, -0.2) is 17.0 Å². The molecule has 2 atom stereocenters. The first-order valence-electron chi connectivity index (χ1n) is 48.8. The third-order valence-electron chi connectivity index (χ3n) is 24.6. The lowest BCUT2D eigenvalue weighted by atomic mass is 9.69. The predicted molar refractivity (Wildman–Crippen MR) is 612 cm³/mol. The predicted octanol–water partition coefficient (Wildman–Crippen LogP) is 40.3. The van der Waals surface area contributed by atoms with E-state index in [4.69, 9.17) is 0 Å². The van der Waals surface area contributed by atoms with Crippen LogP contribution in [0.15, 0.2) is 340 Å². The number of nitrogens with zero attached hydrogens (tertiary/aromatic N) is 2. The lowest BCUT2D eigenvalue weighted by Gasteiger charge is -2.36. The Morgan fingerprint density at radius 3 is 0.956 bits per heavy atom. The number of benzene rings is 12. The molecule has 740 valence electrons. The summed E-state index contributed by atoms with van der Waals surface area (Å²) in [7, 11) is 0. The Kier molecular flexibility index (Phi) is 56.5. The average Bonchev–Trinajstić information content (AvgIpc) is 1.29. The van der Waals surface area contributed by atoms with Gasteiger partial charge in [0.25, 0.3) is 0 Å². The Bertz CT molecular complexity index is 4580. The molecule has 0 amide bonds. The minimum atomic E-state index is 0. The van der Waals surface area contributed by atoms with Gasteiger partial charge in [-0.1, -0.05) is 527 Å². The topological polar surface area (TPSA) is 6.48 Å². The van der Waals surface area contributed by atoms with Crippen LogP contribution in [0.25, 0.3) is 0 Å². The second-order valence-corrected chi connectivity index (χ2v) is 44.7. The first-order chi connectivity index (χ1) is 60.6. The molecule has 0 N–H and O–H groups in total. The van der Waals surface area contributed by atoms with Crippen molar-refractivity contribution in [2.24, 2.45) is 38.4 Å². The molecular weight excluding hydrogens is 1630 g/mol. The van der Waals surface area contributed by atoms with Crippen molar-refractivity contribution < 1.29 is 0 Å². The van der Waals surface area contributed by atoms with Gasteiger partial charge in [0, 0.05) is 42.5 Å². The summed E-state index contributed by atoms with van der Waals surface area (Å²) in [5, 5.41) is 0. The maximum atomic E-state index is 2.51. The highest BCUT2D eigenvalue weighted by molar-refractivity contribution is 5.63. The average molecular weight is 1830 g/mol. The molecule has 0 fully saturated rings. The van der Waals surface area contributed by atoms with Gasteiger partial charge in [-0.15, -0.1) is 0 Å². The lowest BCUT2D eigenvalue weighted by molar-refractivity contribution is 0.118. The number of anilines is 2. The first-order valence-corrected chi connectivity index (χ1v) is 48.8. The van der Waals surface area contributed by atoms with E-state index in [0.29, 0.717) is 44.3 Å². The van der Waals surface area contributed by atoms with Gasteiger partial charge in [0.2, 0.25) is 0 Å². The van der Waals surface area contributed by atoms with Gasteiger partial charge in [0.05, 0.1) is 0 Å². The summed E-state index contributed by atoms with van der Waals surface area (Å²) in [5.74, 6) is 2.68. The van der Waals surface area contributed by atoms with Crippen LogP contribution in [0.2, 0.25) is 0 Å². The van der Waals surface area contributed by atoms with Gasteiger partial charge in [-0.3, -0.25) is 4.90 Å². The molecule has 0 saturated carbocycles. The summed E-state index contributed by atoms with van der Waals surface area (Å²) in [6.07, 6.45) is 16.6. The number of fused-ring (bicyclic) bond motifs is 3. The fraction of sp³-hybridized carbons (Fsp3) is 0.459.